The zero-order valence-corrected chi connectivity index (χ0v) is 8.36. The molecule has 0 amide bonds. The number of rotatable bonds is 2. The van der Waals surface area contributed by atoms with Gasteiger partial charge >= 0.3 is 0 Å². The minimum Gasteiger partial charge on any atom is -0.330 e. The van der Waals surface area contributed by atoms with E-state index in [1.807, 2.05) is 0 Å². The molecule has 1 aliphatic heterocycles. The molecule has 2 fully saturated rings. The maximum atomic E-state index is 12.9. The lowest BCUT2D eigenvalue weighted by atomic mass is 9.57. The number of nitrogens with one attached hydrogen (secondary N) is 1. The van der Waals surface area contributed by atoms with Gasteiger partial charge in [-0.3, -0.25) is 0 Å². The first-order chi connectivity index (χ1) is 6.58. The monoisotopic (exact) mass is 204 g/mol. The van der Waals surface area contributed by atoms with Crippen LogP contribution < -0.4 is 11.1 Å². The van der Waals surface area contributed by atoms with Crippen LogP contribution in [0.2, 0.25) is 0 Å². The van der Waals surface area contributed by atoms with Gasteiger partial charge in [0, 0.05) is 12.8 Å². The van der Waals surface area contributed by atoms with Crippen molar-refractivity contribution in [2.45, 2.75) is 31.6 Å². The lowest BCUT2D eigenvalue weighted by molar-refractivity contribution is -0.182. The highest BCUT2D eigenvalue weighted by Crippen LogP contribution is 2.57. The molecule has 2 rings (SSSR count). The molecule has 0 bridgehead atoms. The molecule has 0 radical (unpaired) electrons. The van der Waals surface area contributed by atoms with E-state index in [2.05, 4.69) is 5.32 Å². The minimum atomic E-state index is -2.44. The topological polar surface area (TPSA) is 38.0 Å². The standard InChI is InChI=1S/C10H18F2N2/c11-10(12)5-9(6-10,7-13)8-1-3-14-4-2-8/h8,14H,1-7,13H2. The molecule has 0 aromatic carbocycles. The third kappa shape index (κ3) is 1.65. The van der Waals surface area contributed by atoms with Crippen molar-refractivity contribution >= 4 is 0 Å². The highest BCUT2D eigenvalue weighted by atomic mass is 19.3. The summed E-state index contributed by atoms with van der Waals surface area (Å²) in [4.78, 5) is 0. The quantitative estimate of drug-likeness (QED) is 0.712. The van der Waals surface area contributed by atoms with Crippen LogP contribution in [0.15, 0.2) is 0 Å². The molecule has 1 saturated carbocycles. The van der Waals surface area contributed by atoms with Gasteiger partial charge in [0.2, 0.25) is 5.92 Å². The van der Waals surface area contributed by atoms with E-state index in [-0.39, 0.29) is 18.3 Å². The van der Waals surface area contributed by atoms with E-state index < -0.39 is 5.92 Å². The zero-order chi connectivity index (χ0) is 10.2. The second-order valence-electron chi connectivity index (χ2n) is 4.80. The van der Waals surface area contributed by atoms with Crippen LogP contribution in [0.3, 0.4) is 0 Å². The van der Waals surface area contributed by atoms with E-state index in [1.165, 1.54) is 0 Å². The molecule has 0 aromatic rings. The smallest absolute Gasteiger partial charge is 0.249 e. The molecule has 1 aliphatic carbocycles. The molecule has 1 heterocycles. The van der Waals surface area contributed by atoms with E-state index in [0.29, 0.717) is 12.5 Å². The first-order valence-corrected chi connectivity index (χ1v) is 5.37. The van der Waals surface area contributed by atoms with Crippen molar-refractivity contribution in [2.24, 2.45) is 17.1 Å². The molecule has 2 nitrogen and oxygen atoms in total. The van der Waals surface area contributed by atoms with Crippen LogP contribution in [0.25, 0.3) is 0 Å². The van der Waals surface area contributed by atoms with Crippen molar-refractivity contribution in [3.63, 3.8) is 0 Å². The van der Waals surface area contributed by atoms with Crippen LogP contribution in [-0.4, -0.2) is 25.6 Å². The molecule has 3 N–H and O–H groups in total. The molecular weight excluding hydrogens is 186 g/mol. The average molecular weight is 204 g/mol. The Balaban J connectivity index is 1.99. The summed E-state index contributed by atoms with van der Waals surface area (Å²) in [5.41, 5.74) is 5.42. The summed E-state index contributed by atoms with van der Waals surface area (Å²) in [5, 5.41) is 3.25. The lowest BCUT2D eigenvalue weighted by Gasteiger charge is -2.52. The fourth-order valence-corrected chi connectivity index (χ4v) is 3.01. The number of halogens is 2. The Morgan fingerprint density at radius 3 is 2.21 bits per heavy atom. The van der Waals surface area contributed by atoms with Gasteiger partial charge in [-0.15, -0.1) is 0 Å². The summed E-state index contributed by atoms with van der Waals surface area (Å²) in [7, 11) is 0. The predicted octanol–water partition coefficient (Wildman–Crippen LogP) is 1.36. The maximum absolute atomic E-state index is 12.9. The van der Waals surface area contributed by atoms with Crippen molar-refractivity contribution < 1.29 is 8.78 Å². The van der Waals surface area contributed by atoms with E-state index in [0.717, 1.165) is 25.9 Å². The van der Waals surface area contributed by atoms with Gasteiger partial charge in [-0.2, -0.15) is 0 Å². The van der Waals surface area contributed by atoms with Gasteiger partial charge in [-0.1, -0.05) is 0 Å². The Kier molecular flexibility index (Phi) is 2.52. The fourth-order valence-electron chi connectivity index (χ4n) is 3.01. The van der Waals surface area contributed by atoms with E-state index in [1.54, 1.807) is 0 Å². The summed E-state index contributed by atoms with van der Waals surface area (Å²) < 4.78 is 25.8. The fraction of sp³-hybridized carbons (Fsp3) is 1.00. The highest BCUT2D eigenvalue weighted by molar-refractivity contribution is 5.04. The second kappa shape index (κ2) is 3.42. The molecule has 0 unspecified atom stereocenters. The van der Waals surface area contributed by atoms with Crippen LogP contribution in [-0.2, 0) is 0 Å². The van der Waals surface area contributed by atoms with E-state index in [4.69, 9.17) is 5.73 Å². The Labute approximate surface area is 83.2 Å². The summed E-state index contributed by atoms with van der Waals surface area (Å²) in [6.07, 6.45) is 2.04. The molecule has 82 valence electrons. The van der Waals surface area contributed by atoms with Crippen molar-refractivity contribution in [1.82, 2.24) is 5.32 Å². The van der Waals surface area contributed by atoms with E-state index in [9.17, 15) is 8.78 Å². The van der Waals surface area contributed by atoms with E-state index >= 15 is 0 Å². The molecule has 0 spiro atoms. The summed E-state index contributed by atoms with van der Waals surface area (Å²) >= 11 is 0. The third-order valence-corrected chi connectivity index (χ3v) is 3.83. The summed E-state index contributed by atoms with van der Waals surface area (Å²) in [6.45, 7) is 2.34. The molecule has 0 aromatic heterocycles. The molecule has 1 saturated heterocycles. The van der Waals surface area contributed by atoms with Crippen molar-refractivity contribution in [3.8, 4) is 0 Å². The Bertz CT molecular complexity index is 204. The number of hydrogen-bond donors (Lipinski definition) is 2. The lowest BCUT2D eigenvalue weighted by Crippen LogP contribution is -2.56. The van der Waals surface area contributed by atoms with Crippen molar-refractivity contribution in [1.29, 1.82) is 0 Å². The minimum absolute atomic E-state index is 0.0150. The van der Waals surface area contributed by atoms with Crippen LogP contribution in [0.1, 0.15) is 25.7 Å². The first-order valence-electron chi connectivity index (χ1n) is 5.37. The van der Waals surface area contributed by atoms with Gasteiger partial charge in [0.05, 0.1) is 0 Å². The number of alkyl halides is 2. The molecular formula is C10H18F2N2. The largest absolute Gasteiger partial charge is 0.330 e. The van der Waals surface area contributed by atoms with Crippen molar-refractivity contribution in [2.75, 3.05) is 19.6 Å². The van der Waals surface area contributed by atoms with Gasteiger partial charge in [-0.25, -0.2) is 8.78 Å². The van der Waals surface area contributed by atoms with Gasteiger partial charge in [0.25, 0.3) is 0 Å². The normalized spacial score (nSPS) is 31.1. The molecule has 14 heavy (non-hydrogen) atoms. The molecule has 4 heteroatoms. The van der Waals surface area contributed by atoms with Gasteiger partial charge < -0.3 is 11.1 Å². The third-order valence-electron chi connectivity index (χ3n) is 3.83. The van der Waals surface area contributed by atoms with Crippen LogP contribution >= 0.6 is 0 Å². The number of hydrogen-bond acceptors (Lipinski definition) is 2. The molecule has 2 aliphatic rings. The number of nitrogens with two attached hydrogens (primary N) is 1. The Morgan fingerprint density at radius 1 is 1.21 bits per heavy atom. The van der Waals surface area contributed by atoms with Crippen LogP contribution in [0.5, 0.6) is 0 Å². The number of piperidine rings is 1. The van der Waals surface area contributed by atoms with Gasteiger partial charge in [-0.05, 0) is 43.8 Å². The predicted molar refractivity (Wildman–Crippen MR) is 51.3 cm³/mol. The summed E-state index contributed by atoms with van der Waals surface area (Å²) in [5.74, 6) is -2.03. The van der Waals surface area contributed by atoms with Crippen LogP contribution in [0.4, 0.5) is 8.78 Å². The Hall–Kier alpha value is -0.220. The Morgan fingerprint density at radius 2 is 1.79 bits per heavy atom. The van der Waals surface area contributed by atoms with Crippen LogP contribution in [0, 0.1) is 11.3 Å². The SMILES string of the molecule is NCC1(C2CCNCC2)CC(F)(F)C1. The van der Waals surface area contributed by atoms with Gasteiger partial charge in [0.15, 0.2) is 0 Å². The maximum Gasteiger partial charge on any atom is 0.249 e. The second-order valence-corrected chi connectivity index (χ2v) is 4.80. The summed E-state index contributed by atoms with van der Waals surface area (Å²) in [6, 6.07) is 0. The highest BCUT2D eigenvalue weighted by Gasteiger charge is 2.58. The molecule has 0 atom stereocenters. The first kappa shape index (κ1) is 10.3. The average Bonchev–Trinajstić information content (AvgIpc) is 2.15. The van der Waals surface area contributed by atoms with Crippen molar-refractivity contribution in [3.05, 3.63) is 0 Å². The zero-order valence-electron chi connectivity index (χ0n) is 8.36. The van der Waals surface area contributed by atoms with Gasteiger partial charge in [0.1, 0.15) is 0 Å².